The minimum absolute atomic E-state index is 0.445. The predicted octanol–water partition coefficient (Wildman–Crippen LogP) is 2.15. The van der Waals surface area contributed by atoms with Crippen LogP contribution in [0.15, 0.2) is 6.33 Å². The van der Waals surface area contributed by atoms with Crippen LogP contribution in [-0.4, -0.2) is 16.5 Å². The van der Waals surface area contributed by atoms with Gasteiger partial charge in [0.05, 0.1) is 0 Å². The van der Waals surface area contributed by atoms with Crippen molar-refractivity contribution in [3.63, 3.8) is 0 Å². The number of hydrogen-bond acceptors (Lipinski definition) is 2. The highest BCUT2D eigenvalue weighted by Gasteiger charge is 2.08. The molecule has 1 aromatic rings. The molecular weight excluding hydrogens is 186 g/mol. The van der Waals surface area contributed by atoms with Crippen molar-refractivity contribution in [3.8, 4) is 0 Å². The number of hydrogen-bond donors (Lipinski definition) is 0. The number of halogens is 1. The van der Waals surface area contributed by atoms with Crippen molar-refractivity contribution in [2.75, 3.05) is 6.54 Å². The van der Waals surface area contributed by atoms with Crippen LogP contribution in [0.1, 0.15) is 18.2 Å². The van der Waals surface area contributed by atoms with E-state index in [0.29, 0.717) is 18.1 Å². The van der Waals surface area contributed by atoms with E-state index in [4.69, 9.17) is 18.2 Å². The van der Waals surface area contributed by atoms with Gasteiger partial charge in [0, 0.05) is 17.7 Å². The largest absolute Gasteiger partial charge is 0.317 e. The van der Waals surface area contributed by atoms with Crippen molar-refractivity contribution in [2.24, 2.45) is 0 Å². The fourth-order valence-electron chi connectivity index (χ4n) is 1.14. The molecule has 1 rings (SSSR count). The van der Waals surface area contributed by atoms with E-state index in [9.17, 15) is 0 Å². The lowest BCUT2D eigenvalue weighted by Crippen LogP contribution is -2.00. The van der Waals surface area contributed by atoms with Crippen molar-refractivity contribution >= 4 is 11.6 Å². The molecule has 4 heteroatoms. The summed E-state index contributed by atoms with van der Waals surface area (Å²) in [5, 5.41) is 0.482. The molecule has 3 nitrogen and oxygen atoms in total. The van der Waals surface area contributed by atoms with Gasteiger partial charge in [0.25, 0.3) is 0 Å². The van der Waals surface area contributed by atoms with E-state index in [2.05, 4.69) is 14.8 Å². The molecule has 0 aliphatic carbocycles. The van der Waals surface area contributed by atoms with Crippen LogP contribution in [0.2, 0.25) is 5.15 Å². The normalized spacial score (nSPS) is 9.62. The average Bonchev–Trinajstić information content (AvgIpc) is 2.15. The van der Waals surface area contributed by atoms with E-state index in [1.165, 1.54) is 6.33 Å². The summed E-state index contributed by atoms with van der Waals surface area (Å²) in [7, 11) is 0. The van der Waals surface area contributed by atoms with E-state index in [1.54, 1.807) is 0 Å². The molecule has 0 saturated heterocycles. The van der Waals surface area contributed by atoms with Gasteiger partial charge >= 0.3 is 0 Å². The third kappa shape index (κ3) is 2.40. The van der Waals surface area contributed by atoms with Crippen molar-refractivity contribution in [1.29, 1.82) is 0 Å². The first-order valence-corrected chi connectivity index (χ1v) is 4.48. The van der Waals surface area contributed by atoms with Crippen LogP contribution in [0.3, 0.4) is 0 Å². The Morgan fingerprint density at radius 2 is 2.31 bits per heavy atom. The molecule has 0 aliphatic rings. The second kappa shape index (κ2) is 4.78. The smallest absolute Gasteiger partial charge is 0.218 e. The Morgan fingerprint density at radius 1 is 1.54 bits per heavy atom. The van der Waals surface area contributed by atoms with E-state index >= 15 is 0 Å². The van der Waals surface area contributed by atoms with Crippen LogP contribution in [0.25, 0.3) is 4.85 Å². The maximum Gasteiger partial charge on any atom is 0.218 e. The first-order valence-electron chi connectivity index (χ1n) is 4.11. The summed E-state index contributed by atoms with van der Waals surface area (Å²) in [6.07, 6.45) is 2.93. The van der Waals surface area contributed by atoms with E-state index in [1.807, 2.05) is 6.92 Å². The van der Waals surface area contributed by atoms with Crippen molar-refractivity contribution in [2.45, 2.75) is 19.8 Å². The molecular formula is C9H10ClN3. The third-order valence-corrected chi connectivity index (χ3v) is 2.12. The van der Waals surface area contributed by atoms with Crippen molar-refractivity contribution in [3.05, 3.63) is 34.2 Å². The summed E-state index contributed by atoms with van der Waals surface area (Å²) in [5.74, 6) is 0. The Morgan fingerprint density at radius 3 is 2.92 bits per heavy atom. The maximum atomic E-state index is 6.69. The molecule has 0 unspecified atom stereocenters. The monoisotopic (exact) mass is 195 g/mol. The molecule has 1 heterocycles. The highest BCUT2D eigenvalue weighted by molar-refractivity contribution is 6.30. The van der Waals surface area contributed by atoms with Crippen LogP contribution in [0.4, 0.5) is 0 Å². The molecule has 0 aliphatic heterocycles. The molecule has 0 atom stereocenters. The van der Waals surface area contributed by atoms with Gasteiger partial charge in [-0.3, -0.25) is 0 Å². The van der Waals surface area contributed by atoms with Gasteiger partial charge in [-0.25, -0.2) is 16.5 Å². The fourth-order valence-corrected chi connectivity index (χ4v) is 1.39. The van der Waals surface area contributed by atoms with Gasteiger partial charge in [0.2, 0.25) is 6.54 Å². The lowest BCUT2D eigenvalue weighted by molar-refractivity contribution is 0.919. The van der Waals surface area contributed by atoms with Crippen LogP contribution in [-0.2, 0) is 12.8 Å². The molecule has 0 N–H and O–H groups in total. The lowest BCUT2D eigenvalue weighted by atomic mass is 10.1. The zero-order valence-corrected chi connectivity index (χ0v) is 8.17. The number of aryl methyl sites for hydroxylation is 1. The lowest BCUT2D eigenvalue weighted by Gasteiger charge is -2.04. The molecule has 13 heavy (non-hydrogen) atoms. The Hall–Kier alpha value is -1.14. The molecule has 0 aromatic carbocycles. The minimum atomic E-state index is 0.445. The number of aromatic nitrogens is 2. The van der Waals surface area contributed by atoms with Gasteiger partial charge in [-0.15, -0.1) is 0 Å². The third-order valence-electron chi connectivity index (χ3n) is 1.79. The second-order valence-electron chi connectivity index (χ2n) is 2.58. The van der Waals surface area contributed by atoms with Crippen molar-refractivity contribution in [1.82, 2.24) is 9.97 Å². The number of rotatable bonds is 3. The van der Waals surface area contributed by atoms with E-state index in [-0.39, 0.29) is 0 Å². The zero-order valence-electron chi connectivity index (χ0n) is 7.42. The highest BCUT2D eigenvalue weighted by Crippen LogP contribution is 2.16. The Labute approximate surface area is 82.6 Å². The maximum absolute atomic E-state index is 6.69. The molecule has 0 amide bonds. The van der Waals surface area contributed by atoms with Gasteiger partial charge in [0.1, 0.15) is 11.5 Å². The quantitative estimate of drug-likeness (QED) is 0.547. The van der Waals surface area contributed by atoms with E-state index in [0.717, 1.165) is 17.7 Å². The molecule has 0 fully saturated rings. The summed E-state index contributed by atoms with van der Waals surface area (Å²) in [4.78, 5) is 11.3. The van der Waals surface area contributed by atoms with Crippen LogP contribution < -0.4 is 0 Å². The fraction of sp³-hybridized carbons (Fsp3) is 0.444. The SMILES string of the molecule is [C-]#[N+]CCc1c(Cl)ncnc1CC. The molecule has 1 aromatic heterocycles. The molecule has 68 valence electrons. The Kier molecular flexibility index (Phi) is 3.66. The van der Waals surface area contributed by atoms with Crippen molar-refractivity contribution < 1.29 is 0 Å². The summed E-state index contributed by atoms with van der Waals surface area (Å²) >= 11 is 5.89. The predicted molar refractivity (Wildman–Crippen MR) is 51.6 cm³/mol. The summed E-state index contributed by atoms with van der Waals surface area (Å²) in [5.41, 5.74) is 1.87. The standard InChI is InChI=1S/C9H10ClN3/c1-3-8-7(4-5-11-2)9(10)13-6-12-8/h6H,3-5H2,1H3. The molecule has 0 bridgehead atoms. The Balaban J connectivity index is 2.95. The highest BCUT2D eigenvalue weighted by atomic mass is 35.5. The molecule has 0 saturated carbocycles. The molecule has 0 spiro atoms. The number of nitrogens with zero attached hydrogens (tertiary/aromatic N) is 3. The minimum Gasteiger partial charge on any atom is -0.317 e. The van der Waals surface area contributed by atoms with Gasteiger partial charge in [-0.2, -0.15) is 0 Å². The summed E-state index contributed by atoms with van der Waals surface area (Å²) < 4.78 is 0. The van der Waals surface area contributed by atoms with Crippen LogP contribution in [0.5, 0.6) is 0 Å². The first-order chi connectivity index (χ1) is 6.29. The molecule has 0 radical (unpaired) electrons. The van der Waals surface area contributed by atoms with Gasteiger partial charge < -0.3 is 4.85 Å². The topological polar surface area (TPSA) is 30.1 Å². The summed E-state index contributed by atoms with van der Waals surface area (Å²) in [6, 6.07) is 0. The van der Waals surface area contributed by atoms with Gasteiger partial charge in [-0.05, 0) is 6.42 Å². The van der Waals surface area contributed by atoms with Crippen LogP contribution >= 0.6 is 11.6 Å². The zero-order chi connectivity index (χ0) is 9.68. The Bertz CT molecular complexity index is 330. The average molecular weight is 196 g/mol. The first kappa shape index (κ1) is 9.94. The van der Waals surface area contributed by atoms with E-state index < -0.39 is 0 Å². The van der Waals surface area contributed by atoms with Gasteiger partial charge in [-0.1, -0.05) is 18.5 Å². The van der Waals surface area contributed by atoms with Crippen LogP contribution in [0, 0.1) is 6.57 Å². The summed E-state index contributed by atoms with van der Waals surface area (Å²) in [6.45, 7) is 9.15. The second-order valence-corrected chi connectivity index (χ2v) is 2.93. The van der Waals surface area contributed by atoms with Gasteiger partial charge in [0.15, 0.2) is 0 Å².